The normalized spacial score (nSPS) is 18.6. The minimum atomic E-state index is 0.146. The molecule has 0 radical (unpaired) electrons. The van der Waals surface area contributed by atoms with E-state index in [4.69, 9.17) is 0 Å². The highest BCUT2D eigenvalue weighted by molar-refractivity contribution is 5.70. The number of fused-ring (bicyclic) bond motifs is 1. The Hall–Kier alpha value is -3.92. The molecule has 2 heterocycles. The van der Waals surface area contributed by atoms with E-state index in [1.807, 2.05) is 0 Å². The zero-order chi connectivity index (χ0) is 28.3. The second-order valence-electron chi connectivity index (χ2n) is 12.1. The van der Waals surface area contributed by atoms with Crippen LogP contribution >= 0.6 is 0 Å². The van der Waals surface area contributed by atoms with Crippen LogP contribution in [0.2, 0.25) is 0 Å². The Morgan fingerprint density at radius 1 is 0.350 bits per heavy atom. The molecule has 0 aliphatic carbocycles. The first-order valence-corrected chi connectivity index (χ1v) is 14.5. The van der Waals surface area contributed by atoms with Gasteiger partial charge in [-0.2, -0.15) is 0 Å². The number of hydrogen-bond acceptors (Lipinski definition) is 4. The van der Waals surface area contributed by atoms with Crippen molar-refractivity contribution in [1.29, 1.82) is 0 Å². The van der Waals surface area contributed by atoms with Crippen LogP contribution in [-0.4, -0.2) is 25.7 Å². The van der Waals surface area contributed by atoms with Crippen molar-refractivity contribution in [2.75, 3.05) is 32.9 Å². The number of hydrogen-bond donors (Lipinski definition) is 0. The smallest absolute Gasteiger partial charge is 0.145 e. The highest BCUT2D eigenvalue weighted by Gasteiger charge is 2.52. The van der Waals surface area contributed by atoms with Crippen molar-refractivity contribution in [2.24, 2.45) is 0 Å². The summed E-state index contributed by atoms with van der Waals surface area (Å²) in [5.74, 6) is 0. The van der Waals surface area contributed by atoms with Gasteiger partial charge in [0.15, 0.2) is 0 Å². The maximum absolute atomic E-state index is 2.61. The van der Waals surface area contributed by atoms with Gasteiger partial charge in [-0.15, -0.1) is 0 Å². The second-order valence-corrected chi connectivity index (χ2v) is 12.1. The van der Waals surface area contributed by atoms with Crippen LogP contribution in [0.4, 0.5) is 22.7 Å². The Balaban J connectivity index is 1.54. The zero-order valence-electron chi connectivity index (χ0n) is 25.3. The van der Waals surface area contributed by atoms with Crippen LogP contribution in [0.1, 0.15) is 44.5 Å². The Morgan fingerprint density at radius 2 is 0.575 bits per heavy atom. The van der Waals surface area contributed by atoms with Crippen LogP contribution in [0, 0.1) is 55.4 Å². The van der Waals surface area contributed by atoms with Gasteiger partial charge < -0.3 is 19.6 Å². The molecule has 0 saturated carbocycles. The number of aryl methyl sites for hydroxylation is 8. The molecular weight excluding hydrogens is 488 g/mol. The molecule has 2 saturated heterocycles. The van der Waals surface area contributed by atoms with Crippen molar-refractivity contribution >= 4 is 22.7 Å². The molecule has 206 valence electrons. The number of benzene rings is 4. The van der Waals surface area contributed by atoms with Gasteiger partial charge >= 0.3 is 0 Å². The molecule has 2 aliphatic heterocycles. The monoisotopic (exact) mass is 530 g/mol. The number of rotatable bonds is 4. The number of anilines is 4. The fraction of sp³-hybridized carbons (Fsp3) is 0.333. The molecule has 0 N–H and O–H groups in total. The van der Waals surface area contributed by atoms with Crippen LogP contribution in [-0.2, 0) is 0 Å². The molecule has 40 heavy (non-hydrogen) atoms. The van der Waals surface area contributed by atoms with Gasteiger partial charge in [0.05, 0.1) is 13.3 Å². The van der Waals surface area contributed by atoms with E-state index >= 15 is 0 Å². The van der Waals surface area contributed by atoms with E-state index in [9.17, 15) is 0 Å². The van der Waals surface area contributed by atoms with Crippen molar-refractivity contribution < 1.29 is 0 Å². The lowest BCUT2D eigenvalue weighted by Gasteiger charge is -2.34. The van der Waals surface area contributed by atoms with Crippen LogP contribution < -0.4 is 19.6 Å². The number of nitrogens with zero attached hydrogens (tertiary/aromatic N) is 4. The van der Waals surface area contributed by atoms with Crippen molar-refractivity contribution in [2.45, 2.75) is 67.7 Å². The van der Waals surface area contributed by atoms with E-state index in [-0.39, 0.29) is 12.3 Å². The molecule has 0 amide bonds. The first kappa shape index (κ1) is 26.3. The SMILES string of the molecule is Cc1ccc(N2CN(c3ccc(C)c(C)c3)C3C2N(c2ccc(C)c(C)c2)CN3c2ccc(C)c(C)c2)cc1C. The van der Waals surface area contributed by atoms with Crippen molar-refractivity contribution in [3.05, 3.63) is 117 Å². The van der Waals surface area contributed by atoms with Crippen LogP contribution in [0.25, 0.3) is 0 Å². The third-order valence-corrected chi connectivity index (χ3v) is 9.44. The summed E-state index contributed by atoms with van der Waals surface area (Å²) in [6.07, 6.45) is 0.292. The summed E-state index contributed by atoms with van der Waals surface area (Å²) in [5.41, 5.74) is 15.8. The largest absolute Gasteiger partial charge is 0.330 e. The third kappa shape index (κ3) is 4.40. The summed E-state index contributed by atoms with van der Waals surface area (Å²) in [4.78, 5) is 10.5. The van der Waals surface area contributed by atoms with Gasteiger partial charge in [0.25, 0.3) is 0 Å². The highest BCUT2D eigenvalue weighted by atomic mass is 15.6. The molecule has 0 atom stereocenters. The quantitative estimate of drug-likeness (QED) is 0.264. The Labute approximate surface area is 240 Å². The van der Waals surface area contributed by atoms with Gasteiger partial charge in [0.2, 0.25) is 0 Å². The standard InChI is InChI=1S/C36H42N4/c1-23-9-13-31(17-27(23)5)37-21-38(32-14-10-24(2)28(6)18-32)36-35(37)39(33-15-11-25(3)29(7)19-33)22-40(36)34-16-12-26(4)30(8)20-34/h9-20,35-36H,21-22H2,1-8H3. The fourth-order valence-electron chi connectivity index (χ4n) is 6.20. The minimum absolute atomic E-state index is 0.146. The third-order valence-electron chi connectivity index (χ3n) is 9.44. The average Bonchev–Trinajstić information content (AvgIpc) is 3.50. The molecule has 4 aromatic carbocycles. The zero-order valence-corrected chi connectivity index (χ0v) is 25.3. The van der Waals surface area contributed by atoms with E-state index in [0.717, 1.165) is 13.3 Å². The molecule has 0 spiro atoms. The predicted octanol–water partition coefficient (Wildman–Crippen LogP) is 8.07. The fourth-order valence-corrected chi connectivity index (χ4v) is 6.20. The summed E-state index contributed by atoms with van der Waals surface area (Å²) in [5, 5.41) is 0. The lowest BCUT2D eigenvalue weighted by molar-refractivity contribution is 0.640. The van der Waals surface area contributed by atoms with E-state index in [1.54, 1.807) is 0 Å². The molecule has 4 nitrogen and oxygen atoms in total. The Morgan fingerprint density at radius 3 is 0.775 bits per heavy atom. The first-order valence-electron chi connectivity index (χ1n) is 14.5. The molecule has 2 aliphatic rings. The summed E-state index contributed by atoms with van der Waals surface area (Å²) < 4.78 is 0. The Bertz CT molecular complexity index is 1350. The van der Waals surface area contributed by atoms with Crippen LogP contribution in [0.5, 0.6) is 0 Å². The topological polar surface area (TPSA) is 13.0 Å². The molecular formula is C36H42N4. The first-order chi connectivity index (χ1) is 19.1. The molecule has 4 aromatic rings. The van der Waals surface area contributed by atoms with Crippen LogP contribution in [0.15, 0.2) is 72.8 Å². The van der Waals surface area contributed by atoms with Gasteiger partial charge in [0.1, 0.15) is 12.3 Å². The van der Waals surface area contributed by atoms with Crippen molar-refractivity contribution in [3.8, 4) is 0 Å². The Kier molecular flexibility index (Phi) is 6.53. The maximum Gasteiger partial charge on any atom is 0.145 e. The average molecular weight is 531 g/mol. The van der Waals surface area contributed by atoms with Gasteiger partial charge in [-0.05, 0) is 148 Å². The lowest BCUT2D eigenvalue weighted by atomic mass is 10.1. The molecule has 0 bridgehead atoms. The molecule has 0 unspecified atom stereocenters. The van der Waals surface area contributed by atoms with Crippen molar-refractivity contribution in [3.63, 3.8) is 0 Å². The summed E-state index contributed by atoms with van der Waals surface area (Å²) >= 11 is 0. The summed E-state index contributed by atoms with van der Waals surface area (Å²) in [6, 6.07) is 27.8. The van der Waals surface area contributed by atoms with Gasteiger partial charge in [-0.1, -0.05) is 24.3 Å². The molecule has 4 heteroatoms. The second kappa shape index (κ2) is 9.92. The predicted molar refractivity (Wildman–Crippen MR) is 171 cm³/mol. The minimum Gasteiger partial charge on any atom is -0.330 e. The summed E-state index contributed by atoms with van der Waals surface area (Å²) in [6.45, 7) is 19.4. The van der Waals surface area contributed by atoms with Crippen LogP contribution in [0.3, 0.4) is 0 Å². The highest BCUT2D eigenvalue weighted by Crippen LogP contribution is 2.43. The van der Waals surface area contributed by atoms with E-state index in [0.29, 0.717) is 0 Å². The van der Waals surface area contributed by atoms with E-state index in [1.165, 1.54) is 67.3 Å². The maximum atomic E-state index is 2.61. The van der Waals surface area contributed by atoms with E-state index in [2.05, 4.69) is 148 Å². The van der Waals surface area contributed by atoms with Gasteiger partial charge in [-0.3, -0.25) is 0 Å². The van der Waals surface area contributed by atoms with Gasteiger partial charge in [-0.25, -0.2) is 0 Å². The lowest BCUT2D eigenvalue weighted by Crippen LogP contribution is -2.46. The summed E-state index contributed by atoms with van der Waals surface area (Å²) in [7, 11) is 0. The molecule has 2 fully saturated rings. The van der Waals surface area contributed by atoms with Crippen molar-refractivity contribution in [1.82, 2.24) is 0 Å². The van der Waals surface area contributed by atoms with E-state index < -0.39 is 0 Å². The molecule has 6 rings (SSSR count). The van der Waals surface area contributed by atoms with Gasteiger partial charge in [0, 0.05) is 22.7 Å². The molecule has 0 aromatic heterocycles.